The van der Waals surface area contributed by atoms with E-state index in [0.717, 1.165) is 17.7 Å². The zero-order valence-electron chi connectivity index (χ0n) is 12.9. The molecule has 0 aliphatic rings. The summed E-state index contributed by atoms with van der Waals surface area (Å²) >= 11 is 5.88. The van der Waals surface area contributed by atoms with Crippen LogP contribution < -0.4 is 4.74 Å². The summed E-state index contributed by atoms with van der Waals surface area (Å²) in [6.07, 6.45) is 0.755. The number of likely N-dealkylation sites (N-methyl/N-ethyl adjacent to an activating group) is 1. The second-order valence-corrected chi connectivity index (χ2v) is 6.07. The standard InChI is InChI=1S/C16H24ClNO2/c1-12(18(4)15(19)16(2,3)11-17)10-13-8-6-7-9-14(13)20-5/h6-9,12H,10-11H2,1-5H3. The Morgan fingerprint density at radius 1 is 1.40 bits per heavy atom. The molecule has 0 bridgehead atoms. The molecule has 1 rings (SSSR count). The minimum Gasteiger partial charge on any atom is -0.496 e. The molecule has 1 atom stereocenters. The second-order valence-electron chi connectivity index (χ2n) is 5.80. The molecule has 1 aromatic carbocycles. The zero-order valence-corrected chi connectivity index (χ0v) is 13.7. The fourth-order valence-electron chi connectivity index (χ4n) is 2.06. The maximum absolute atomic E-state index is 12.4. The number of carbonyl (C=O) groups excluding carboxylic acids is 1. The molecule has 1 unspecified atom stereocenters. The number of halogens is 1. The van der Waals surface area contributed by atoms with Gasteiger partial charge in [0.05, 0.1) is 12.5 Å². The molecular weight excluding hydrogens is 274 g/mol. The monoisotopic (exact) mass is 297 g/mol. The number of methoxy groups -OCH3 is 1. The quantitative estimate of drug-likeness (QED) is 0.754. The Balaban J connectivity index is 2.80. The Hall–Kier alpha value is -1.22. The van der Waals surface area contributed by atoms with Crippen molar-refractivity contribution < 1.29 is 9.53 Å². The number of para-hydroxylation sites is 1. The van der Waals surface area contributed by atoms with Crippen LogP contribution in [-0.4, -0.2) is 36.9 Å². The number of amides is 1. The first-order chi connectivity index (χ1) is 9.33. The van der Waals surface area contributed by atoms with E-state index in [1.165, 1.54) is 0 Å². The SMILES string of the molecule is COc1ccccc1CC(C)N(C)C(=O)C(C)(C)CCl. The summed E-state index contributed by atoms with van der Waals surface area (Å²) < 4.78 is 5.35. The van der Waals surface area contributed by atoms with E-state index in [4.69, 9.17) is 16.3 Å². The smallest absolute Gasteiger partial charge is 0.229 e. The molecule has 0 radical (unpaired) electrons. The van der Waals surface area contributed by atoms with E-state index in [2.05, 4.69) is 0 Å². The van der Waals surface area contributed by atoms with Crippen molar-refractivity contribution in [3.63, 3.8) is 0 Å². The minimum atomic E-state index is -0.536. The predicted molar refractivity (Wildman–Crippen MR) is 83.4 cm³/mol. The van der Waals surface area contributed by atoms with Crippen LogP contribution >= 0.6 is 11.6 Å². The molecule has 1 aromatic rings. The van der Waals surface area contributed by atoms with Gasteiger partial charge in [-0.3, -0.25) is 4.79 Å². The number of hydrogen-bond acceptors (Lipinski definition) is 2. The maximum atomic E-state index is 12.4. The molecule has 0 saturated heterocycles. The van der Waals surface area contributed by atoms with Crippen LogP contribution in [-0.2, 0) is 11.2 Å². The van der Waals surface area contributed by atoms with Crippen LogP contribution in [0.4, 0.5) is 0 Å². The molecule has 0 N–H and O–H groups in total. The summed E-state index contributed by atoms with van der Waals surface area (Å²) in [4.78, 5) is 14.2. The molecule has 0 aliphatic carbocycles. The van der Waals surface area contributed by atoms with Crippen molar-refractivity contribution in [1.29, 1.82) is 0 Å². The van der Waals surface area contributed by atoms with Gasteiger partial charge in [0, 0.05) is 19.0 Å². The van der Waals surface area contributed by atoms with Gasteiger partial charge in [-0.25, -0.2) is 0 Å². The number of nitrogens with zero attached hydrogens (tertiary/aromatic N) is 1. The van der Waals surface area contributed by atoms with E-state index in [-0.39, 0.29) is 11.9 Å². The lowest BCUT2D eigenvalue weighted by atomic mass is 9.93. The molecule has 1 amide bonds. The van der Waals surface area contributed by atoms with Gasteiger partial charge in [-0.05, 0) is 38.8 Å². The summed E-state index contributed by atoms with van der Waals surface area (Å²) in [6.45, 7) is 5.78. The van der Waals surface area contributed by atoms with Gasteiger partial charge in [-0.15, -0.1) is 11.6 Å². The first-order valence-electron chi connectivity index (χ1n) is 6.78. The van der Waals surface area contributed by atoms with Crippen molar-refractivity contribution in [3.05, 3.63) is 29.8 Å². The summed E-state index contributed by atoms with van der Waals surface area (Å²) in [6, 6.07) is 7.97. The fraction of sp³-hybridized carbons (Fsp3) is 0.562. The third-order valence-electron chi connectivity index (χ3n) is 3.60. The largest absolute Gasteiger partial charge is 0.496 e. The van der Waals surface area contributed by atoms with Crippen molar-refractivity contribution in [2.24, 2.45) is 5.41 Å². The summed E-state index contributed by atoms with van der Waals surface area (Å²) in [5.41, 5.74) is 0.566. The third-order valence-corrected chi connectivity index (χ3v) is 4.27. The Labute approximate surface area is 126 Å². The molecule has 0 heterocycles. The van der Waals surface area contributed by atoms with E-state index in [0.29, 0.717) is 5.88 Å². The van der Waals surface area contributed by atoms with Gasteiger partial charge in [0.25, 0.3) is 0 Å². The van der Waals surface area contributed by atoms with Crippen LogP contribution in [0.1, 0.15) is 26.3 Å². The van der Waals surface area contributed by atoms with Crippen LogP contribution in [0, 0.1) is 5.41 Å². The van der Waals surface area contributed by atoms with Gasteiger partial charge < -0.3 is 9.64 Å². The van der Waals surface area contributed by atoms with Crippen LogP contribution in [0.25, 0.3) is 0 Å². The maximum Gasteiger partial charge on any atom is 0.229 e. The van der Waals surface area contributed by atoms with Crippen molar-refractivity contribution >= 4 is 17.5 Å². The Kier molecular flexibility index (Phi) is 5.88. The highest BCUT2D eigenvalue weighted by atomic mass is 35.5. The molecule has 0 aromatic heterocycles. The molecule has 0 aliphatic heterocycles. The number of alkyl halides is 1. The van der Waals surface area contributed by atoms with Gasteiger partial charge in [-0.2, -0.15) is 0 Å². The van der Waals surface area contributed by atoms with Crippen LogP contribution in [0.15, 0.2) is 24.3 Å². The Morgan fingerprint density at radius 2 is 2.00 bits per heavy atom. The topological polar surface area (TPSA) is 29.5 Å². The molecule has 112 valence electrons. The highest BCUT2D eigenvalue weighted by Gasteiger charge is 2.31. The van der Waals surface area contributed by atoms with Crippen molar-refractivity contribution in [3.8, 4) is 5.75 Å². The lowest BCUT2D eigenvalue weighted by Gasteiger charge is -2.32. The molecule has 0 spiro atoms. The Bertz CT molecular complexity index is 460. The van der Waals surface area contributed by atoms with Crippen LogP contribution in [0.3, 0.4) is 0 Å². The highest BCUT2D eigenvalue weighted by molar-refractivity contribution is 6.19. The normalized spacial score (nSPS) is 12.9. The van der Waals surface area contributed by atoms with Gasteiger partial charge in [0.2, 0.25) is 5.91 Å². The third kappa shape index (κ3) is 3.89. The van der Waals surface area contributed by atoms with E-state index in [1.54, 1.807) is 12.0 Å². The lowest BCUT2D eigenvalue weighted by molar-refractivity contribution is -0.139. The zero-order chi connectivity index (χ0) is 15.3. The molecule has 0 fully saturated rings. The van der Waals surface area contributed by atoms with Gasteiger partial charge in [0.15, 0.2) is 0 Å². The first-order valence-corrected chi connectivity index (χ1v) is 7.32. The van der Waals surface area contributed by atoms with Gasteiger partial charge in [0.1, 0.15) is 5.75 Å². The summed E-state index contributed by atoms with van der Waals surface area (Å²) in [5.74, 6) is 1.24. The van der Waals surface area contributed by atoms with Gasteiger partial charge >= 0.3 is 0 Å². The van der Waals surface area contributed by atoms with Crippen LogP contribution in [0.2, 0.25) is 0 Å². The van der Waals surface area contributed by atoms with Crippen LogP contribution in [0.5, 0.6) is 5.75 Å². The fourth-order valence-corrected chi connectivity index (χ4v) is 2.18. The molecule has 0 saturated carbocycles. The summed E-state index contributed by atoms with van der Waals surface area (Å²) in [5, 5.41) is 0. The minimum absolute atomic E-state index is 0.0647. The van der Waals surface area contributed by atoms with E-state index >= 15 is 0 Å². The number of carbonyl (C=O) groups is 1. The predicted octanol–water partition coefficient (Wildman–Crippen LogP) is 3.35. The number of ether oxygens (including phenoxy) is 1. The highest BCUT2D eigenvalue weighted by Crippen LogP contribution is 2.24. The number of hydrogen-bond donors (Lipinski definition) is 0. The number of benzene rings is 1. The van der Waals surface area contributed by atoms with E-state index < -0.39 is 5.41 Å². The summed E-state index contributed by atoms with van der Waals surface area (Å²) in [7, 11) is 3.49. The van der Waals surface area contributed by atoms with Crippen molar-refractivity contribution in [2.45, 2.75) is 33.2 Å². The molecular formula is C16H24ClNO2. The number of rotatable bonds is 6. The molecule has 20 heavy (non-hydrogen) atoms. The van der Waals surface area contributed by atoms with Crippen molar-refractivity contribution in [1.82, 2.24) is 4.90 Å². The lowest BCUT2D eigenvalue weighted by Crippen LogP contribution is -2.44. The Morgan fingerprint density at radius 3 is 2.55 bits per heavy atom. The van der Waals surface area contributed by atoms with Crippen molar-refractivity contribution in [2.75, 3.05) is 20.0 Å². The van der Waals surface area contributed by atoms with Gasteiger partial charge in [-0.1, -0.05) is 18.2 Å². The van der Waals surface area contributed by atoms with E-state index in [1.807, 2.05) is 52.1 Å². The second kappa shape index (κ2) is 6.98. The first kappa shape index (κ1) is 16.8. The average molecular weight is 298 g/mol. The molecule has 4 heteroatoms. The molecule has 3 nitrogen and oxygen atoms in total. The van der Waals surface area contributed by atoms with E-state index in [9.17, 15) is 4.79 Å². The average Bonchev–Trinajstić information content (AvgIpc) is 2.46.